The zero-order valence-electron chi connectivity index (χ0n) is 19.1. The third-order valence-corrected chi connectivity index (χ3v) is 7.30. The highest BCUT2D eigenvalue weighted by Gasteiger charge is 2.28. The number of rotatable bonds is 10. The first-order valence-corrected chi connectivity index (χ1v) is 13.1. The van der Waals surface area contributed by atoms with Crippen molar-refractivity contribution in [3.63, 3.8) is 0 Å². The number of carbonyl (C=O) groups is 2. The fourth-order valence-electron chi connectivity index (χ4n) is 3.08. The maximum Gasteiger partial charge on any atom is 0.243 e. The normalized spacial score (nSPS) is 12.3. The van der Waals surface area contributed by atoms with Gasteiger partial charge in [-0.25, -0.2) is 8.42 Å². The van der Waals surface area contributed by atoms with Gasteiger partial charge in [-0.2, -0.15) is 16.5 Å². The molecule has 2 amide bonds. The van der Waals surface area contributed by atoms with E-state index < -0.39 is 22.0 Å². The van der Waals surface area contributed by atoms with Gasteiger partial charge >= 0.3 is 0 Å². The van der Waals surface area contributed by atoms with Crippen LogP contribution >= 0.6 is 11.8 Å². The number of amides is 2. The van der Waals surface area contributed by atoms with Crippen LogP contribution in [0.2, 0.25) is 0 Å². The third-order valence-electron chi connectivity index (χ3n) is 5.17. The second-order valence-corrected chi connectivity index (χ2v) is 10.5. The van der Waals surface area contributed by atoms with Crippen LogP contribution in [0.1, 0.15) is 23.1 Å². The van der Waals surface area contributed by atoms with Gasteiger partial charge in [0.1, 0.15) is 6.04 Å². The van der Waals surface area contributed by atoms with Crippen LogP contribution in [0.5, 0.6) is 0 Å². The molecule has 0 saturated carbocycles. The van der Waals surface area contributed by atoms with E-state index >= 15 is 0 Å². The Morgan fingerprint density at radius 3 is 2.34 bits per heavy atom. The Balaban J connectivity index is 2.10. The molecule has 0 fully saturated rings. The highest BCUT2D eigenvalue weighted by Crippen LogP contribution is 2.18. The van der Waals surface area contributed by atoms with Crippen LogP contribution in [-0.2, 0) is 19.6 Å². The lowest BCUT2D eigenvalue weighted by Gasteiger charge is -2.24. The second-order valence-electron chi connectivity index (χ2n) is 7.76. The van der Waals surface area contributed by atoms with E-state index in [2.05, 4.69) is 10.0 Å². The number of benzene rings is 2. The van der Waals surface area contributed by atoms with Gasteiger partial charge in [-0.1, -0.05) is 29.8 Å². The van der Waals surface area contributed by atoms with Crippen LogP contribution in [0.15, 0.2) is 47.4 Å². The number of anilines is 1. The topological polar surface area (TPSA) is 95.6 Å². The Bertz CT molecular complexity index is 1050. The Hall–Kier alpha value is -2.36. The van der Waals surface area contributed by atoms with Crippen molar-refractivity contribution in [2.24, 2.45) is 0 Å². The summed E-state index contributed by atoms with van der Waals surface area (Å²) in [6.45, 7) is 5.55. The van der Waals surface area contributed by atoms with E-state index in [4.69, 9.17) is 0 Å². The molecule has 0 bridgehead atoms. The van der Waals surface area contributed by atoms with Gasteiger partial charge in [0, 0.05) is 12.7 Å². The molecule has 0 spiro atoms. The highest BCUT2D eigenvalue weighted by atomic mass is 32.2. The summed E-state index contributed by atoms with van der Waals surface area (Å²) < 4.78 is 28.1. The van der Waals surface area contributed by atoms with Crippen LogP contribution in [0.25, 0.3) is 0 Å². The monoisotopic (exact) mass is 477 g/mol. The molecular weight excluding hydrogens is 446 g/mol. The van der Waals surface area contributed by atoms with E-state index in [0.29, 0.717) is 17.9 Å². The molecule has 7 nitrogen and oxygen atoms in total. The van der Waals surface area contributed by atoms with E-state index in [1.807, 2.05) is 39.2 Å². The summed E-state index contributed by atoms with van der Waals surface area (Å²) in [7, 11) is -2.38. The SMILES string of the molecule is CSCCC(NS(=O)(=O)c1ccc(C)cc1)C(=O)N(C)CC(=O)Nc1cccc(C)c1C. The number of nitrogens with one attached hydrogen (secondary N) is 2. The van der Waals surface area contributed by atoms with Crippen molar-refractivity contribution in [1.29, 1.82) is 0 Å². The van der Waals surface area contributed by atoms with E-state index in [9.17, 15) is 18.0 Å². The van der Waals surface area contributed by atoms with Gasteiger partial charge < -0.3 is 10.2 Å². The Morgan fingerprint density at radius 2 is 1.72 bits per heavy atom. The van der Waals surface area contributed by atoms with Crippen molar-refractivity contribution in [1.82, 2.24) is 9.62 Å². The molecule has 0 aromatic heterocycles. The molecule has 2 aromatic carbocycles. The molecule has 1 unspecified atom stereocenters. The van der Waals surface area contributed by atoms with E-state index in [-0.39, 0.29) is 17.3 Å². The van der Waals surface area contributed by atoms with Crippen LogP contribution in [0, 0.1) is 20.8 Å². The molecule has 1 atom stereocenters. The van der Waals surface area contributed by atoms with Gasteiger partial charge in [-0.3, -0.25) is 9.59 Å². The molecule has 32 heavy (non-hydrogen) atoms. The molecule has 0 radical (unpaired) electrons. The van der Waals surface area contributed by atoms with Gasteiger partial charge in [0.15, 0.2) is 0 Å². The minimum Gasteiger partial charge on any atom is -0.335 e. The van der Waals surface area contributed by atoms with Crippen LogP contribution in [0.4, 0.5) is 5.69 Å². The summed E-state index contributed by atoms with van der Waals surface area (Å²) in [6.07, 6.45) is 2.20. The molecule has 2 N–H and O–H groups in total. The third kappa shape index (κ3) is 7.08. The number of hydrogen-bond donors (Lipinski definition) is 2. The van der Waals surface area contributed by atoms with Gasteiger partial charge in [-0.15, -0.1) is 0 Å². The van der Waals surface area contributed by atoms with Crippen molar-refractivity contribution >= 4 is 39.3 Å². The number of nitrogens with zero attached hydrogens (tertiary/aromatic N) is 1. The molecule has 2 aromatic rings. The summed E-state index contributed by atoms with van der Waals surface area (Å²) in [5.74, 6) is -0.208. The van der Waals surface area contributed by atoms with E-state index in [1.165, 1.54) is 35.8 Å². The average Bonchev–Trinajstić information content (AvgIpc) is 2.74. The van der Waals surface area contributed by atoms with Crippen molar-refractivity contribution in [3.05, 3.63) is 59.2 Å². The number of carbonyl (C=O) groups excluding carboxylic acids is 2. The lowest BCUT2D eigenvalue weighted by molar-refractivity contribution is -0.134. The predicted molar refractivity (Wildman–Crippen MR) is 130 cm³/mol. The zero-order valence-corrected chi connectivity index (χ0v) is 20.8. The number of sulfonamides is 1. The number of thioether (sulfide) groups is 1. The molecule has 0 aliphatic carbocycles. The van der Waals surface area contributed by atoms with Crippen LogP contribution in [-0.4, -0.2) is 56.8 Å². The quantitative estimate of drug-likeness (QED) is 0.548. The molecule has 9 heteroatoms. The standard InChI is InChI=1S/C23H31N3O4S2/c1-16-9-11-19(12-10-16)32(29,30)25-21(13-14-31-5)23(28)26(4)15-22(27)24-20-8-6-7-17(2)18(20)3/h6-12,21,25H,13-15H2,1-5H3,(H,24,27). The minimum atomic E-state index is -3.88. The molecule has 174 valence electrons. The molecule has 0 aliphatic heterocycles. The fraction of sp³-hybridized carbons (Fsp3) is 0.391. The summed E-state index contributed by atoms with van der Waals surface area (Å²) in [5.41, 5.74) is 3.64. The van der Waals surface area contributed by atoms with E-state index in [0.717, 1.165) is 16.7 Å². The lowest BCUT2D eigenvalue weighted by atomic mass is 10.1. The van der Waals surface area contributed by atoms with Gasteiger partial charge in [0.25, 0.3) is 0 Å². The van der Waals surface area contributed by atoms with E-state index in [1.54, 1.807) is 18.2 Å². The van der Waals surface area contributed by atoms with Crippen LogP contribution in [0.3, 0.4) is 0 Å². The largest absolute Gasteiger partial charge is 0.335 e. The van der Waals surface area contributed by atoms with Gasteiger partial charge in [0.05, 0.1) is 11.4 Å². The maximum absolute atomic E-state index is 13.0. The zero-order chi connectivity index (χ0) is 23.9. The highest BCUT2D eigenvalue weighted by molar-refractivity contribution is 7.98. The first kappa shape index (κ1) is 25.9. The second kappa shape index (κ2) is 11.5. The summed E-state index contributed by atoms with van der Waals surface area (Å²) in [5, 5.41) is 2.82. The first-order chi connectivity index (χ1) is 15.0. The smallest absolute Gasteiger partial charge is 0.243 e. The fourth-order valence-corrected chi connectivity index (χ4v) is 4.77. The summed E-state index contributed by atoms with van der Waals surface area (Å²) in [4.78, 5) is 26.9. The Kier molecular flexibility index (Phi) is 9.30. The summed E-state index contributed by atoms with van der Waals surface area (Å²) in [6, 6.07) is 11.1. The minimum absolute atomic E-state index is 0.0976. The van der Waals surface area contributed by atoms with Crippen molar-refractivity contribution in [2.45, 2.75) is 38.1 Å². The molecule has 0 aliphatic rings. The lowest BCUT2D eigenvalue weighted by Crippen LogP contribution is -2.49. The predicted octanol–water partition coefficient (Wildman–Crippen LogP) is 3.11. The van der Waals surface area contributed by atoms with Crippen LogP contribution < -0.4 is 10.0 Å². The molecule has 2 rings (SSSR count). The van der Waals surface area contributed by atoms with Crippen molar-refractivity contribution in [3.8, 4) is 0 Å². The first-order valence-electron chi connectivity index (χ1n) is 10.2. The number of likely N-dealkylation sites (N-methyl/N-ethyl adjacent to an activating group) is 1. The Morgan fingerprint density at radius 1 is 1.06 bits per heavy atom. The maximum atomic E-state index is 13.0. The Labute approximate surface area is 195 Å². The van der Waals surface area contributed by atoms with Gasteiger partial charge in [0.2, 0.25) is 21.8 Å². The van der Waals surface area contributed by atoms with Crippen molar-refractivity contribution < 1.29 is 18.0 Å². The number of hydrogen-bond acceptors (Lipinski definition) is 5. The molecule has 0 heterocycles. The number of aryl methyl sites for hydroxylation is 2. The molecule has 0 saturated heterocycles. The average molecular weight is 478 g/mol. The summed E-state index contributed by atoms with van der Waals surface area (Å²) >= 11 is 1.52. The van der Waals surface area contributed by atoms with Gasteiger partial charge in [-0.05, 0) is 68.5 Å². The van der Waals surface area contributed by atoms with Crippen molar-refractivity contribution in [2.75, 3.05) is 30.9 Å². The molecular formula is C23H31N3O4S2.